The lowest BCUT2D eigenvalue weighted by Gasteiger charge is -2.23. The van der Waals surface area contributed by atoms with Gasteiger partial charge in [0.05, 0.1) is 6.04 Å². The van der Waals surface area contributed by atoms with E-state index in [2.05, 4.69) is 0 Å². The molecule has 138 valence electrons. The van der Waals surface area contributed by atoms with E-state index in [1.165, 1.54) is 17.0 Å². The Kier molecular flexibility index (Phi) is 5.85. The molecule has 0 saturated carbocycles. The van der Waals surface area contributed by atoms with Gasteiger partial charge in [-0.3, -0.25) is 9.69 Å². The van der Waals surface area contributed by atoms with Crippen LogP contribution in [-0.4, -0.2) is 47.2 Å². The lowest BCUT2D eigenvalue weighted by Crippen LogP contribution is -2.39. The highest BCUT2D eigenvalue weighted by Crippen LogP contribution is 2.20. The molecule has 6 heteroatoms. The van der Waals surface area contributed by atoms with E-state index in [0.29, 0.717) is 25.4 Å². The number of benzene rings is 2. The molecule has 1 N–H and O–H groups in total. The van der Waals surface area contributed by atoms with Crippen LogP contribution in [-0.2, 0) is 17.9 Å². The first-order valence-electron chi connectivity index (χ1n) is 8.63. The van der Waals surface area contributed by atoms with Crippen molar-refractivity contribution >= 4 is 5.91 Å². The van der Waals surface area contributed by atoms with Crippen LogP contribution >= 0.6 is 0 Å². The Labute approximate surface area is 152 Å². The second-order valence-electron chi connectivity index (χ2n) is 6.53. The van der Waals surface area contributed by atoms with Crippen molar-refractivity contribution in [1.29, 1.82) is 0 Å². The zero-order valence-corrected chi connectivity index (χ0v) is 14.8. The van der Waals surface area contributed by atoms with Crippen molar-refractivity contribution < 1.29 is 19.0 Å². The van der Waals surface area contributed by atoms with Gasteiger partial charge in [-0.2, -0.15) is 0 Å². The Hall–Kier alpha value is -2.44. The van der Waals surface area contributed by atoms with Crippen LogP contribution in [0, 0.1) is 5.82 Å². The Morgan fingerprint density at radius 1 is 1.23 bits per heavy atom. The number of likely N-dealkylation sites (N-methyl/N-ethyl adjacent to an activating group) is 1. The number of hydrogen-bond acceptors (Lipinski definition) is 4. The zero-order chi connectivity index (χ0) is 18.5. The van der Waals surface area contributed by atoms with Gasteiger partial charge < -0.3 is 14.7 Å². The lowest BCUT2D eigenvalue weighted by atomic mass is 10.1. The quantitative estimate of drug-likeness (QED) is 0.826. The predicted molar refractivity (Wildman–Crippen MR) is 95.8 cm³/mol. The Morgan fingerprint density at radius 3 is 2.65 bits per heavy atom. The number of nitrogens with zero attached hydrogens (tertiary/aromatic N) is 2. The molecule has 1 aliphatic rings. The molecular weight excluding hydrogens is 335 g/mol. The van der Waals surface area contributed by atoms with Gasteiger partial charge in [0, 0.05) is 13.1 Å². The molecule has 2 aromatic carbocycles. The number of rotatable bonds is 7. The van der Waals surface area contributed by atoms with Gasteiger partial charge in [-0.25, -0.2) is 4.39 Å². The second kappa shape index (κ2) is 8.29. The van der Waals surface area contributed by atoms with Gasteiger partial charge in [0.2, 0.25) is 5.91 Å². The van der Waals surface area contributed by atoms with E-state index in [9.17, 15) is 9.18 Å². The van der Waals surface area contributed by atoms with Crippen LogP contribution in [0.1, 0.15) is 17.5 Å². The summed E-state index contributed by atoms with van der Waals surface area (Å²) in [6.07, 6.45) is 0.727. The van der Waals surface area contributed by atoms with Crippen LogP contribution in [0.2, 0.25) is 0 Å². The third-order valence-corrected chi connectivity index (χ3v) is 4.62. The van der Waals surface area contributed by atoms with Crippen molar-refractivity contribution in [1.82, 2.24) is 9.80 Å². The summed E-state index contributed by atoms with van der Waals surface area (Å²) in [4.78, 5) is 15.6. The van der Waals surface area contributed by atoms with Gasteiger partial charge in [0.1, 0.15) is 24.9 Å². The molecule has 3 rings (SSSR count). The van der Waals surface area contributed by atoms with E-state index in [1.54, 1.807) is 6.07 Å². The van der Waals surface area contributed by atoms with Gasteiger partial charge >= 0.3 is 0 Å². The number of halogens is 1. The number of ether oxygens (including phenoxy) is 1. The number of aliphatic hydroxyl groups excluding tert-OH is 1. The third-order valence-electron chi connectivity index (χ3n) is 4.62. The van der Waals surface area contributed by atoms with Crippen LogP contribution in [0.3, 0.4) is 0 Å². The van der Waals surface area contributed by atoms with Crippen LogP contribution in [0.15, 0.2) is 48.5 Å². The molecule has 1 amide bonds. The van der Waals surface area contributed by atoms with Crippen molar-refractivity contribution in [3.63, 3.8) is 0 Å². The first-order chi connectivity index (χ1) is 12.6. The van der Waals surface area contributed by atoms with Crippen LogP contribution in [0.25, 0.3) is 0 Å². The van der Waals surface area contributed by atoms with E-state index >= 15 is 0 Å². The second-order valence-corrected chi connectivity index (χ2v) is 6.53. The molecule has 5 nitrogen and oxygen atoms in total. The number of aliphatic hydroxyl groups is 1. The average molecular weight is 358 g/mol. The van der Waals surface area contributed by atoms with Gasteiger partial charge in [-0.05, 0) is 48.9 Å². The molecule has 0 bridgehead atoms. The maximum Gasteiger partial charge on any atom is 0.241 e. The number of carbonyl (C=O) groups is 1. The van der Waals surface area contributed by atoms with E-state index < -0.39 is 0 Å². The number of hydrogen-bond donors (Lipinski definition) is 1. The van der Waals surface area contributed by atoms with E-state index in [0.717, 1.165) is 17.5 Å². The first-order valence-corrected chi connectivity index (χ1v) is 8.63. The molecule has 26 heavy (non-hydrogen) atoms. The minimum absolute atomic E-state index is 0.0231. The maximum absolute atomic E-state index is 13.2. The normalized spacial score (nSPS) is 17.2. The molecule has 1 atom stereocenters. The molecule has 0 radical (unpaired) electrons. The van der Waals surface area contributed by atoms with Crippen molar-refractivity contribution in [2.24, 2.45) is 0 Å². The lowest BCUT2D eigenvalue weighted by molar-refractivity contribution is -0.134. The summed E-state index contributed by atoms with van der Waals surface area (Å²) in [5, 5.41) is 9.16. The number of amides is 1. The summed E-state index contributed by atoms with van der Waals surface area (Å²) in [6.45, 7) is 1.32. The molecule has 1 fully saturated rings. The molecule has 0 aromatic heterocycles. The number of carbonyl (C=O) groups excluding carboxylic acids is 1. The van der Waals surface area contributed by atoms with Gasteiger partial charge in [0.25, 0.3) is 0 Å². The first kappa shape index (κ1) is 18.4. The van der Waals surface area contributed by atoms with Gasteiger partial charge in [0.15, 0.2) is 0 Å². The van der Waals surface area contributed by atoms with Gasteiger partial charge in [-0.1, -0.05) is 24.3 Å². The fraction of sp³-hybridized carbons (Fsp3) is 0.350. The van der Waals surface area contributed by atoms with Crippen molar-refractivity contribution in [3.05, 3.63) is 65.5 Å². The number of likely N-dealkylation sites (tertiary alicyclic amines) is 1. The maximum atomic E-state index is 13.2. The summed E-state index contributed by atoms with van der Waals surface area (Å²) in [5.41, 5.74) is 1.85. The molecular formula is C20H23FN2O3. The monoisotopic (exact) mass is 358 g/mol. The van der Waals surface area contributed by atoms with Crippen molar-refractivity contribution in [2.45, 2.75) is 25.6 Å². The van der Waals surface area contributed by atoms with Crippen LogP contribution in [0.5, 0.6) is 5.75 Å². The summed E-state index contributed by atoms with van der Waals surface area (Å²) in [6, 6.07) is 13.8. The Bertz CT molecular complexity index is 751. The van der Waals surface area contributed by atoms with E-state index in [-0.39, 0.29) is 24.5 Å². The molecule has 0 aliphatic carbocycles. The van der Waals surface area contributed by atoms with E-state index in [4.69, 9.17) is 9.84 Å². The minimum Gasteiger partial charge on any atom is -0.489 e. The Morgan fingerprint density at radius 2 is 2.00 bits per heavy atom. The molecule has 0 unspecified atom stereocenters. The topological polar surface area (TPSA) is 53.0 Å². The highest BCUT2D eigenvalue weighted by atomic mass is 19.1. The molecule has 2 aromatic rings. The average Bonchev–Trinajstić information content (AvgIpc) is 3.02. The fourth-order valence-corrected chi connectivity index (χ4v) is 3.15. The van der Waals surface area contributed by atoms with Crippen molar-refractivity contribution in [3.8, 4) is 5.75 Å². The SMILES string of the molecule is CN(Cc1ccc(OCc2cccc(F)c2)cc1)[C@H]1CCN(CO)C1=O. The Balaban J connectivity index is 1.53. The zero-order valence-electron chi connectivity index (χ0n) is 14.8. The largest absolute Gasteiger partial charge is 0.489 e. The third kappa shape index (κ3) is 4.39. The fourth-order valence-electron chi connectivity index (χ4n) is 3.15. The highest BCUT2D eigenvalue weighted by molar-refractivity contribution is 5.83. The van der Waals surface area contributed by atoms with Gasteiger partial charge in [-0.15, -0.1) is 0 Å². The van der Waals surface area contributed by atoms with Crippen LogP contribution < -0.4 is 4.74 Å². The predicted octanol–water partition coefficient (Wildman–Crippen LogP) is 2.39. The van der Waals surface area contributed by atoms with Crippen LogP contribution in [0.4, 0.5) is 4.39 Å². The molecule has 1 aliphatic heterocycles. The van der Waals surface area contributed by atoms with E-state index in [1.807, 2.05) is 42.3 Å². The molecule has 1 heterocycles. The smallest absolute Gasteiger partial charge is 0.241 e. The minimum atomic E-state index is -0.272. The highest BCUT2D eigenvalue weighted by Gasteiger charge is 2.33. The molecule has 1 saturated heterocycles. The summed E-state index contributed by atoms with van der Waals surface area (Å²) in [5.74, 6) is 0.416. The summed E-state index contributed by atoms with van der Waals surface area (Å²) >= 11 is 0. The summed E-state index contributed by atoms with van der Waals surface area (Å²) < 4.78 is 18.9. The standard InChI is InChI=1S/C20H23FN2O3/c1-22(19-9-10-23(14-24)20(19)25)12-15-5-7-18(8-6-15)26-13-16-3-2-4-17(21)11-16/h2-8,11,19,24H,9-10,12-14H2,1H3/t19-/m0/s1. The van der Waals surface area contributed by atoms with Crippen molar-refractivity contribution in [2.75, 3.05) is 20.3 Å². The molecule has 0 spiro atoms. The summed E-state index contributed by atoms with van der Waals surface area (Å²) in [7, 11) is 1.91.